The second kappa shape index (κ2) is 4.26. The molecule has 0 aliphatic rings. The monoisotopic (exact) mass is 168 g/mol. The number of imidazole rings is 1. The lowest BCUT2D eigenvalue weighted by Crippen LogP contribution is -2.08. The van der Waals surface area contributed by atoms with Crippen molar-refractivity contribution in [2.75, 3.05) is 0 Å². The molecular formula is C9H16N2O. The maximum absolute atomic E-state index is 9.31. The van der Waals surface area contributed by atoms with Crippen molar-refractivity contribution >= 4 is 0 Å². The number of rotatable bonds is 4. The Morgan fingerprint density at radius 1 is 1.67 bits per heavy atom. The lowest BCUT2D eigenvalue weighted by atomic mass is 10.1. The molecule has 1 atom stereocenters. The van der Waals surface area contributed by atoms with Crippen LogP contribution in [-0.2, 0) is 13.5 Å². The van der Waals surface area contributed by atoms with E-state index in [0.717, 1.165) is 25.1 Å². The van der Waals surface area contributed by atoms with E-state index in [1.54, 1.807) is 6.20 Å². The summed E-state index contributed by atoms with van der Waals surface area (Å²) in [4.78, 5) is 4.17. The normalized spacial score (nSPS) is 13.2. The molecule has 1 N–H and O–H groups in total. The summed E-state index contributed by atoms with van der Waals surface area (Å²) < 4.78 is 1.99. The Hall–Kier alpha value is -0.830. The zero-order valence-corrected chi connectivity index (χ0v) is 7.70. The highest BCUT2D eigenvalue weighted by atomic mass is 16.3. The van der Waals surface area contributed by atoms with E-state index in [0.29, 0.717) is 0 Å². The molecule has 0 saturated carbocycles. The van der Waals surface area contributed by atoms with Gasteiger partial charge in [-0.15, -0.1) is 0 Å². The van der Waals surface area contributed by atoms with Crippen LogP contribution in [0.25, 0.3) is 0 Å². The van der Waals surface area contributed by atoms with Crippen LogP contribution < -0.4 is 0 Å². The highest BCUT2D eigenvalue weighted by molar-refractivity contribution is 4.91. The second-order valence-corrected chi connectivity index (χ2v) is 3.06. The number of nitrogens with zero attached hydrogens (tertiary/aromatic N) is 2. The smallest absolute Gasteiger partial charge is 0.108 e. The van der Waals surface area contributed by atoms with Crippen LogP contribution in [-0.4, -0.2) is 20.8 Å². The summed E-state index contributed by atoms with van der Waals surface area (Å²) in [5, 5.41) is 9.31. The van der Waals surface area contributed by atoms with Crippen molar-refractivity contribution in [1.82, 2.24) is 9.55 Å². The number of aliphatic hydroxyl groups excluding tert-OH is 1. The van der Waals surface area contributed by atoms with E-state index in [9.17, 15) is 5.11 Å². The fourth-order valence-corrected chi connectivity index (χ4v) is 1.14. The van der Waals surface area contributed by atoms with Crippen molar-refractivity contribution in [2.24, 2.45) is 7.05 Å². The third-order valence-corrected chi connectivity index (χ3v) is 2.09. The lowest BCUT2D eigenvalue weighted by molar-refractivity contribution is 0.159. The highest BCUT2D eigenvalue weighted by Gasteiger charge is 2.03. The Morgan fingerprint density at radius 3 is 2.92 bits per heavy atom. The molecule has 12 heavy (non-hydrogen) atoms. The highest BCUT2D eigenvalue weighted by Crippen LogP contribution is 2.04. The van der Waals surface area contributed by atoms with Gasteiger partial charge in [-0.2, -0.15) is 0 Å². The number of hydrogen-bond acceptors (Lipinski definition) is 2. The van der Waals surface area contributed by atoms with E-state index < -0.39 is 0 Å². The first-order chi connectivity index (χ1) is 5.74. The van der Waals surface area contributed by atoms with E-state index in [4.69, 9.17) is 0 Å². The third-order valence-electron chi connectivity index (χ3n) is 2.09. The molecule has 0 aromatic carbocycles. The maximum Gasteiger partial charge on any atom is 0.108 e. The van der Waals surface area contributed by atoms with Crippen molar-refractivity contribution in [3.05, 3.63) is 18.2 Å². The van der Waals surface area contributed by atoms with Crippen molar-refractivity contribution < 1.29 is 5.11 Å². The van der Waals surface area contributed by atoms with Crippen molar-refractivity contribution in [1.29, 1.82) is 0 Å². The molecule has 1 rings (SSSR count). The Morgan fingerprint density at radius 2 is 2.42 bits per heavy atom. The minimum atomic E-state index is -0.179. The summed E-state index contributed by atoms with van der Waals surface area (Å²) in [6.45, 7) is 1.99. The summed E-state index contributed by atoms with van der Waals surface area (Å²) in [6, 6.07) is 0. The molecule has 0 fully saturated rings. The number of aromatic nitrogens is 2. The minimum absolute atomic E-state index is 0.179. The molecule has 1 aromatic heterocycles. The summed E-state index contributed by atoms with van der Waals surface area (Å²) in [5.74, 6) is 1.04. The van der Waals surface area contributed by atoms with E-state index in [2.05, 4.69) is 4.98 Å². The maximum atomic E-state index is 9.31. The van der Waals surface area contributed by atoms with Crippen LogP contribution in [0.1, 0.15) is 25.6 Å². The van der Waals surface area contributed by atoms with Crippen LogP contribution in [0.4, 0.5) is 0 Å². The molecule has 3 nitrogen and oxygen atoms in total. The van der Waals surface area contributed by atoms with E-state index in [-0.39, 0.29) is 6.10 Å². The Balaban J connectivity index is 2.38. The molecule has 0 aliphatic heterocycles. The predicted octanol–water partition coefficient (Wildman–Crippen LogP) is 1.12. The van der Waals surface area contributed by atoms with Crippen LogP contribution in [0.5, 0.6) is 0 Å². The third kappa shape index (κ3) is 2.34. The molecule has 0 spiro atoms. The standard InChI is InChI=1S/C9H16N2O/c1-3-8(12)4-5-9-10-6-7-11(9)2/h6-8,12H,3-5H2,1-2H3. The van der Waals surface area contributed by atoms with Gasteiger partial charge < -0.3 is 9.67 Å². The summed E-state index contributed by atoms with van der Waals surface area (Å²) >= 11 is 0. The van der Waals surface area contributed by atoms with Crippen molar-refractivity contribution in [3.8, 4) is 0 Å². The summed E-state index contributed by atoms with van der Waals surface area (Å²) in [5.41, 5.74) is 0. The number of aliphatic hydroxyl groups is 1. The topological polar surface area (TPSA) is 38.1 Å². The largest absolute Gasteiger partial charge is 0.393 e. The molecule has 0 amide bonds. The molecule has 1 unspecified atom stereocenters. The first kappa shape index (κ1) is 9.26. The lowest BCUT2D eigenvalue weighted by Gasteiger charge is -2.06. The quantitative estimate of drug-likeness (QED) is 0.731. The SMILES string of the molecule is CCC(O)CCc1nccn1C. The number of aryl methyl sites for hydroxylation is 2. The van der Waals surface area contributed by atoms with Crippen LogP contribution >= 0.6 is 0 Å². The molecular weight excluding hydrogens is 152 g/mol. The Bertz CT molecular complexity index is 232. The molecule has 1 aromatic rings. The first-order valence-corrected chi connectivity index (χ1v) is 4.38. The molecule has 68 valence electrons. The van der Waals surface area contributed by atoms with Gasteiger partial charge in [0.2, 0.25) is 0 Å². The Labute approximate surface area is 73.1 Å². The zero-order valence-electron chi connectivity index (χ0n) is 7.70. The summed E-state index contributed by atoms with van der Waals surface area (Å²) in [6.07, 6.45) is 6.02. The van der Waals surface area contributed by atoms with E-state index in [1.165, 1.54) is 0 Å². The zero-order chi connectivity index (χ0) is 8.97. The molecule has 0 aliphatic carbocycles. The molecule has 3 heteroatoms. The Kier molecular flexibility index (Phi) is 3.29. The van der Waals surface area contributed by atoms with Crippen LogP contribution in [0.15, 0.2) is 12.4 Å². The van der Waals surface area contributed by atoms with Crippen LogP contribution in [0.3, 0.4) is 0 Å². The van der Waals surface area contributed by atoms with Gasteiger partial charge in [-0.05, 0) is 12.8 Å². The molecule has 0 radical (unpaired) electrons. The van der Waals surface area contributed by atoms with Gasteiger partial charge in [0, 0.05) is 25.9 Å². The molecule has 1 heterocycles. The number of hydrogen-bond donors (Lipinski definition) is 1. The average molecular weight is 168 g/mol. The first-order valence-electron chi connectivity index (χ1n) is 4.38. The molecule has 0 saturated heterocycles. The van der Waals surface area contributed by atoms with Gasteiger partial charge in [-0.25, -0.2) is 4.98 Å². The van der Waals surface area contributed by atoms with Crippen molar-refractivity contribution in [2.45, 2.75) is 32.3 Å². The van der Waals surface area contributed by atoms with Crippen molar-refractivity contribution in [3.63, 3.8) is 0 Å². The average Bonchev–Trinajstić information content (AvgIpc) is 2.47. The van der Waals surface area contributed by atoms with E-state index >= 15 is 0 Å². The van der Waals surface area contributed by atoms with Gasteiger partial charge in [-0.1, -0.05) is 6.92 Å². The molecule has 0 bridgehead atoms. The van der Waals surface area contributed by atoms with Crippen LogP contribution in [0.2, 0.25) is 0 Å². The van der Waals surface area contributed by atoms with Gasteiger partial charge >= 0.3 is 0 Å². The fraction of sp³-hybridized carbons (Fsp3) is 0.667. The van der Waals surface area contributed by atoms with Gasteiger partial charge in [0.25, 0.3) is 0 Å². The van der Waals surface area contributed by atoms with Gasteiger partial charge in [-0.3, -0.25) is 0 Å². The van der Waals surface area contributed by atoms with E-state index in [1.807, 2.05) is 24.7 Å². The second-order valence-electron chi connectivity index (χ2n) is 3.06. The fourth-order valence-electron chi connectivity index (χ4n) is 1.14. The summed E-state index contributed by atoms with van der Waals surface area (Å²) in [7, 11) is 1.97. The minimum Gasteiger partial charge on any atom is -0.393 e. The van der Waals surface area contributed by atoms with Crippen LogP contribution in [0, 0.1) is 0 Å². The van der Waals surface area contributed by atoms with Gasteiger partial charge in [0.15, 0.2) is 0 Å². The predicted molar refractivity (Wildman–Crippen MR) is 47.8 cm³/mol. The van der Waals surface area contributed by atoms with Gasteiger partial charge in [0.1, 0.15) is 5.82 Å². The van der Waals surface area contributed by atoms with Gasteiger partial charge in [0.05, 0.1) is 6.10 Å².